The van der Waals surface area contributed by atoms with Gasteiger partial charge >= 0.3 is 11.9 Å². The number of aromatic nitrogens is 1. The number of fused-ring (bicyclic) bond motifs is 1. The molecule has 19 heavy (non-hydrogen) atoms. The summed E-state index contributed by atoms with van der Waals surface area (Å²) < 4.78 is 0. The molecule has 0 fully saturated rings. The molecular weight excluding hydrogens is 248 g/mol. The summed E-state index contributed by atoms with van der Waals surface area (Å²) in [6.45, 7) is -0.319. The van der Waals surface area contributed by atoms with Crippen LogP contribution in [0, 0.1) is 0 Å². The molecule has 100 valence electrons. The van der Waals surface area contributed by atoms with Gasteiger partial charge in [-0.05, 0) is 11.6 Å². The third-order valence-electron chi connectivity index (χ3n) is 2.79. The topological polar surface area (TPSA) is 93.6 Å². The molecular formula is C13H14N2O4. The number of para-hydroxylation sites is 1. The number of rotatable bonds is 6. The van der Waals surface area contributed by atoms with E-state index in [9.17, 15) is 9.59 Å². The van der Waals surface area contributed by atoms with E-state index >= 15 is 0 Å². The van der Waals surface area contributed by atoms with E-state index in [2.05, 4.69) is 4.98 Å². The summed E-state index contributed by atoms with van der Waals surface area (Å²) in [6, 6.07) is 7.62. The summed E-state index contributed by atoms with van der Waals surface area (Å²) in [6.07, 6.45) is 1.78. The van der Waals surface area contributed by atoms with Crippen LogP contribution in [-0.2, 0) is 16.1 Å². The molecule has 0 unspecified atom stereocenters. The van der Waals surface area contributed by atoms with Crippen molar-refractivity contribution in [3.63, 3.8) is 0 Å². The van der Waals surface area contributed by atoms with Crippen molar-refractivity contribution in [2.24, 2.45) is 0 Å². The Bertz CT molecular complexity index is 589. The van der Waals surface area contributed by atoms with Crippen molar-refractivity contribution in [2.45, 2.75) is 6.54 Å². The second-order valence-electron chi connectivity index (χ2n) is 4.29. The molecule has 3 N–H and O–H groups in total. The molecule has 0 spiro atoms. The zero-order chi connectivity index (χ0) is 13.8. The maximum absolute atomic E-state index is 10.7. The number of nitrogens with zero attached hydrogens (tertiary/aromatic N) is 1. The number of nitrogens with one attached hydrogen (secondary N) is 1. The fourth-order valence-corrected chi connectivity index (χ4v) is 2.05. The fourth-order valence-electron chi connectivity index (χ4n) is 2.05. The van der Waals surface area contributed by atoms with Crippen molar-refractivity contribution in [1.82, 2.24) is 9.88 Å². The minimum atomic E-state index is -1.04. The van der Waals surface area contributed by atoms with Crippen LogP contribution in [0.3, 0.4) is 0 Å². The first-order chi connectivity index (χ1) is 9.06. The first-order valence-electron chi connectivity index (χ1n) is 5.77. The van der Waals surface area contributed by atoms with Crippen LogP contribution in [0.15, 0.2) is 30.5 Å². The highest BCUT2D eigenvalue weighted by molar-refractivity contribution is 5.83. The highest BCUT2D eigenvalue weighted by atomic mass is 16.4. The van der Waals surface area contributed by atoms with Gasteiger partial charge in [0.1, 0.15) is 0 Å². The number of carbonyl (C=O) groups is 2. The number of H-pyrrole nitrogens is 1. The van der Waals surface area contributed by atoms with Crippen molar-refractivity contribution < 1.29 is 19.8 Å². The van der Waals surface area contributed by atoms with Gasteiger partial charge in [0.05, 0.1) is 13.1 Å². The second kappa shape index (κ2) is 5.53. The van der Waals surface area contributed by atoms with Gasteiger partial charge in [0.25, 0.3) is 0 Å². The van der Waals surface area contributed by atoms with Crippen LogP contribution in [0.25, 0.3) is 10.9 Å². The normalized spacial score (nSPS) is 11.0. The lowest BCUT2D eigenvalue weighted by atomic mass is 10.1. The number of aliphatic carboxylic acids is 2. The quantitative estimate of drug-likeness (QED) is 0.725. The van der Waals surface area contributed by atoms with E-state index in [0.717, 1.165) is 16.5 Å². The Morgan fingerprint density at radius 3 is 2.37 bits per heavy atom. The average Bonchev–Trinajstić information content (AvgIpc) is 2.71. The van der Waals surface area contributed by atoms with E-state index in [0.29, 0.717) is 0 Å². The lowest BCUT2D eigenvalue weighted by Gasteiger charge is -2.17. The standard InChI is InChI=1S/C13H14N2O4/c16-12(17)7-15(8-13(18)19)6-9-5-14-11-4-2-1-3-10(9)11/h1-5,14H,6-8H2,(H,16,17)(H,18,19). The van der Waals surface area contributed by atoms with Crippen molar-refractivity contribution in [3.05, 3.63) is 36.0 Å². The van der Waals surface area contributed by atoms with Crippen LogP contribution in [0.1, 0.15) is 5.56 Å². The van der Waals surface area contributed by atoms with Crippen molar-refractivity contribution in [3.8, 4) is 0 Å². The van der Waals surface area contributed by atoms with E-state index in [-0.39, 0.29) is 19.6 Å². The Hall–Kier alpha value is -2.34. The van der Waals surface area contributed by atoms with Gasteiger partial charge in [-0.1, -0.05) is 18.2 Å². The van der Waals surface area contributed by atoms with Crippen molar-refractivity contribution >= 4 is 22.8 Å². The predicted octanol–water partition coefficient (Wildman–Crippen LogP) is 1.14. The van der Waals surface area contributed by atoms with Gasteiger partial charge in [-0.3, -0.25) is 14.5 Å². The van der Waals surface area contributed by atoms with Gasteiger partial charge in [0, 0.05) is 23.6 Å². The molecule has 0 aliphatic carbocycles. The smallest absolute Gasteiger partial charge is 0.317 e. The molecule has 0 radical (unpaired) electrons. The van der Waals surface area contributed by atoms with Gasteiger partial charge in [-0.2, -0.15) is 0 Å². The minimum Gasteiger partial charge on any atom is -0.480 e. The van der Waals surface area contributed by atoms with Crippen LogP contribution in [0.4, 0.5) is 0 Å². The number of carboxylic acid groups (broad SMARTS) is 2. The molecule has 0 aliphatic heterocycles. The summed E-state index contributed by atoms with van der Waals surface area (Å²) in [5, 5.41) is 18.6. The zero-order valence-electron chi connectivity index (χ0n) is 10.2. The molecule has 6 heteroatoms. The van der Waals surface area contributed by atoms with E-state index in [1.807, 2.05) is 24.3 Å². The lowest BCUT2D eigenvalue weighted by Crippen LogP contribution is -2.33. The van der Waals surface area contributed by atoms with E-state index < -0.39 is 11.9 Å². The maximum Gasteiger partial charge on any atom is 0.317 e. The molecule has 0 saturated carbocycles. The molecule has 1 heterocycles. The Labute approximate surface area is 109 Å². The van der Waals surface area contributed by atoms with Gasteiger partial charge in [0.2, 0.25) is 0 Å². The summed E-state index contributed by atoms with van der Waals surface area (Å²) in [4.78, 5) is 25.9. The highest BCUT2D eigenvalue weighted by Gasteiger charge is 2.15. The number of benzene rings is 1. The molecule has 0 saturated heterocycles. The van der Waals surface area contributed by atoms with Gasteiger partial charge in [-0.15, -0.1) is 0 Å². The number of hydrogen-bond donors (Lipinski definition) is 3. The monoisotopic (exact) mass is 262 g/mol. The SMILES string of the molecule is O=C(O)CN(CC(=O)O)Cc1c[nH]c2ccccc12. The molecule has 0 bridgehead atoms. The number of carboxylic acids is 2. The fraction of sp³-hybridized carbons (Fsp3) is 0.231. The first kappa shape index (κ1) is 13.1. The number of hydrogen-bond acceptors (Lipinski definition) is 3. The molecule has 1 aromatic carbocycles. The molecule has 2 aromatic rings. The summed E-state index contributed by atoms with van der Waals surface area (Å²) in [5.41, 5.74) is 1.83. The third kappa shape index (κ3) is 3.32. The van der Waals surface area contributed by atoms with Gasteiger partial charge < -0.3 is 15.2 Å². The highest BCUT2D eigenvalue weighted by Crippen LogP contribution is 2.19. The molecule has 6 nitrogen and oxygen atoms in total. The lowest BCUT2D eigenvalue weighted by molar-refractivity contribution is -0.141. The van der Waals surface area contributed by atoms with Crippen molar-refractivity contribution in [1.29, 1.82) is 0 Å². The number of aromatic amines is 1. The average molecular weight is 262 g/mol. The van der Waals surface area contributed by atoms with Crippen LogP contribution >= 0.6 is 0 Å². The molecule has 0 amide bonds. The summed E-state index contributed by atoms with van der Waals surface area (Å²) >= 11 is 0. The van der Waals surface area contributed by atoms with Gasteiger partial charge in [0.15, 0.2) is 0 Å². The molecule has 0 atom stereocenters. The Kier molecular flexibility index (Phi) is 3.82. The van der Waals surface area contributed by atoms with Crippen LogP contribution < -0.4 is 0 Å². The summed E-state index contributed by atoms with van der Waals surface area (Å²) in [7, 11) is 0. The predicted molar refractivity (Wildman–Crippen MR) is 68.8 cm³/mol. The first-order valence-corrected chi connectivity index (χ1v) is 5.77. The van der Waals surface area contributed by atoms with Crippen LogP contribution in [-0.4, -0.2) is 45.1 Å². The van der Waals surface area contributed by atoms with Crippen LogP contribution in [0.2, 0.25) is 0 Å². The largest absolute Gasteiger partial charge is 0.480 e. The van der Waals surface area contributed by atoms with E-state index in [1.165, 1.54) is 4.90 Å². The molecule has 2 rings (SSSR count). The Morgan fingerprint density at radius 1 is 1.11 bits per heavy atom. The Morgan fingerprint density at radius 2 is 1.74 bits per heavy atom. The Balaban J connectivity index is 2.20. The van der Waals surface area contributed by atoms with Gasteiger partial charge in [-0.25, -0.2) is 0 Å². The van der Waals surface area contributed by atoms with E-state index in [4.69, 9.17) is 10.2 Å². The van der Waals surface area contributed by atoms with E-state index in [1.54, 1.807) is 6.20 Å². The molecule has 0 aliphatic rings. The second-order valence-corrected chi connectivity index (χ2v) is 4.29. The van der Waals surface area contributed by atoms with Crippen LogP contribution in [0.5, 0.6) is 0 Å². The maximum atomic E-state index is 10.7. The third-order valence-corrected chi connectivity index (χ3v) is 2.79. The van der Waals surface area contributed by atoms with Crippen molar-refractivity contribution in [2.75, 3.05) is 13.1 Å². The molecule has 1 aromatic heterocycles. The minimum absolute atomic E-state index is 0.280. The summed E-state index contributed by atoms with van der Waals surface area (Å²) in [5.74, 6) is -2.08. The zero-order valence-corrected chi connectivity index (χ0v) is 10.2.